The summed E-state index contributed by atoms with van der Waals surface area (Å²) in [6, 6.07) is 7.23. The van der Waals surface area contributed by atoms with Gasteiger partial charge in [-0.15, -0.1) is 11.3 Å². The minimum Gasteiger partial charge on any atom is -0.288 e. The number of thiophene rings is 1. The molecule has 6 heteroatoms. The summed E-state index contributed by atoms with van der Waals surface area (Å²) in [5.41, 5.74) is 2.66. The van der Waals surface area contributed by atoms with Crippen molar-refractivity contribution in [3.05, 3.63) is 63.7 Å². The number of hydrogen-bond acceptors (Lipinski definition) is 4. The van der Waals surface area contributed by atoms with Crippen molar-refractivity contribution in [1.82, 2.24) is 14.8 Å². The Bertz CT molecular complexity index is 836. The van der Waals surface area contributed by atoms with Crippen LogP contribution in [0.2, 0.25) is 4.34 Å². The van der Waals surface area contributed by atoms with Gasteiger partial charge in [0.25, 0.3) is 0 Å². The van der Waals surface area contributed by atoms with E-state index in [1.54, 1.807) is 41.4 Å². The lowest BCUT2D eigenvalue weighted by molar-refractivity contribution is 0.105. The second-order valence-electron chi connectivity index (χ2n) is 4.64. The van der Waals surface area contributed by atoms with Gasteiger partial charge >= 0.3 is 0 Å². The fourth-order valence-electron chi connectivity index (χ4n) is 2.06. The monoisotopic (exact) mass is 329 g/mol. The summed E-state index contributed by atoms with van der Waals surface area (Å²) in [7, 11) is 1.85. The van der Waals surface area contributed by atoms with Gasteiger partial charge in [-0.1, -0.05) is 11.6 Å². The molecule has 3 rings (SSSR count). The molecular weight excluding hydrogens is 318 g/mol. The molecule has 0 bridgehead atoms. The van der Waals surface area contributed by atoms with E-state index < -0.39 is 0 Å². The van der Waals surface area contributed by atoms with Crippen molar-refractivity contribution in [3.8, 4) is 11.3 Å². The number of carbonyl (C=O) groups is 1. The number of nitrogens with zero attached hydrogens (tertiary/aromatic N) is 3. The first kappa shape index (κ1) is 14.7. The molecule has 22 heavy (non-hydrogen) atoms. The summed E-state index contributed by atoms with van der Waals surface area (Å²) in [5, 5.41) is 4.44. The topological polar surface area (TPSA) is 47.8 Å². The normalized spacial score (nSPS) is 11.2. The van der Waals surface area contributed by atoms with Crippen molar-refractivity contribution < 1.29 is 4.79 Å². The second kappa shape index (κ2) is 6.25. The van der Waals surface area contributed by atoms with E-state index in [1.165, 1.54) is 11.3 Å². The molecule has 0 saturated heterocycles. The summed E-state index contributed by atoms with van der Waals surface area (Å²) >= 11 is 7.13. The zero-order valence-corrected chi connectivity index (χ0v) is 13.3. The minimum atomic E-state index is -0.0681. The van der Waals surface area contributed by atoms with Crippen LogP contribution < -0.4 is 0 Å². The Labute approximate surface area is 136 Å². The summed E-state index contributed by atoms with van der Waals surface area (Å²) in [6.07, 6.45) is 8.64. The van der Waals surface area contributed by atoms with Crippen LogP contribution in [0.25, 0.3) is 17.3 Å². The molecule has 0 unspecified atom stereocenters. The van der Waals surface area contributed by atoms with Crippen molar-refractivity contribution in [2.45, 2.75) is 0 Å². The zero-order valence-electron chi connectivity index (χ0n) is 11.7. The number of hydrogen-bond donors (Lipinski definition) is 0. The first-order valence-electron chi connectivity index (χ1n) is 6.55. The van der Waals surface area contributed by atoms with E-state index in [2.05, 4.69) is 10.1 Å². The Morgan fingerprint density at radius 3 is 2.73 bits per heavy atom. The van der Waals surface area contributed by atoms with Gasteiger partial charge in [-0.05, 0) is 36.4 Å². The highest BCUT2D eigenvalue weighted by atomic mass is 35.5. The van der Waals surface area contributed by atoms with Crippen LogP contribution in [0.1, 0.15) is 15.2 Å². The molecule has 110 valence electrons. The highest BCUT2D eigenvalue weighted by Crippen LogP contribution is 2.24. The number of pyridine rings is 1. The van der Waals surface area contributed by atoms with Crippen LogP contribution in [0.3, 0.4) is 0 Å². The van der Waals surface area contributed by atoms with Crippen LogP contribution >= 0.6 is 22.9 Å². The van der Waals surface area contributed by atoms with Gasteiger partial charge in [-0.2, -0.15) is 5.10 Å². The Balaban J connectivity index is 1.90. The number of halogens is 1. The van der Waals surface area contributed by atoms with Gasteiger partial charge in [0.1, 0.15) is 0 Å². The van der Waals surface area contributed by atoms with Gasteiger partial charge in [0.2, 0.25) is 0 Å². The molecule has 0 N–H and O–H groups in total. The minimum absolute atomic E-state index is 0.0681. The average molecular weight is 330 g/mol. The first-order chi connectivity index (χ1) is 10.6. The fourth-order valence-corrected chi connectivity index (χ4v) is 3.02. The molecule has 0 radical (unpaired) electrons. The first-order valence-corrected chi connectivity index (χ1v) is 7.75. The molecule has 0 fully saturated rings. The molecule has 0 spiro atoms. The highest BCUT2D eigenvalue weighted by molar-refractivity contribution is 7.18. The predicted molar refractivity (Wildman–Crippen MR) is 89.1 cm³/mol. The van der Waals surface area contributed by atoms with Gasteiger partial charge in [-0.25, -0.2) is 0 Å². The third-order valence-electron chi connectivity index (χ3n) is 3.04. The van der Waals surface area contributed by atoms with Crippen LogP contribution in [0, 0.1) is 0 Å². The smallest absolute Gasteiger partial charge is 0.195 e. The van der Waals surface area contributed by atoms with Crippen molar-refractivity contribution >= 4 is 34.8 Å². The predicted octanol–water partition coefficient (Wildman–Crippen LogP) is 4.09. The number of allylic oxidation sites excluding steroid dienone is 1. The SMILES string of the molecule is Cn1cc(C=CC(=O)c2ccc(Cl)s2)c(-c2ccncc2)n1. The molecule has 0 amide bonds. The number of aryl methyl sites for hydroxylation is 1. The van der Waals surface area contributed by atoms with Crippen molar-refractivity contribution in [1.29, 1.82) is 0 Å². The lowest BCUT2D eigenvalue weighted by atomic mass is 10.1. The van der Waals surface area contributed by atoms with E-state index in [0.29, 0.717) is 9.21 Å². The second-order valence-corrected chi connectivity index (χ2v) is 6.36. The van der Waals surface area contributed by atoms with Crippen LogP contribution in [0.4, 0.5) is 0 Å². The maximum atomic E-state index is 12.1. The molecule has 0 aromatic carbocycles. The third kappa shape index (κ3) is 3.16. The molecular formula is C16H12ClN3OS. The van der Waals surface area contributed by atoms with Gasteiger partial charge in [0.15, 0.2) is 5.78 Å². The lowest BCUT2D eigenvalue weighted by Crippen LogP contribution is -1.89. The Hall–Kier alpha value is -2.24. The maximum Gasteiger partial charge on any atom is 0.195 e. The Morgan fingerprint density at radius 1 is 1.27 bits per heavy atom. The van der Waals surface area contributed by atoms with E-state index >= 15 is 0 Å². The van der Waals surface area contributed by atoms with E-state index in [-0.39, 0.29) is 5.78 Å². The quantitative estimate of drug-likeness (QED) is 0.535. The van der Waals surface area contributed by atoms with Crippen LogP contribution in [0.15, 0.2) is 48.9 Å². The molecule has 0 aliphatic carbocycles. The van der Waals surface area contributed by atoms with E-state index in [4.69, 9.17) is 11.6 Å². The van der Waals surface area contributed by atoms with Crippen LogP contribution in [-0.2, 0) is 7.05 Å². The highest BCUT2D eigenvalue weighted by Gasteiger charge is 2.09. The Kier molecular flexibility index (Phi) is 4.18. The van der Waals surface area contributed by atoms with Crippen molar-refractivity contribution in [2.24, 2.45) is 7.05 Å². The molecule has 0 saturated carbocycles. The van der Waals surface area contributed by atoms with Crippen molar-refractivity contribution in [2.75, 3.05) is 0 Å². The van der Waals surface area contributed by atoms with E-state index in [1.807, 2.05) is 25.4 Å². The summed E-state index contributed by atoms with van der Waals surface area (Å²) in [6.45, 7) is 0. The lowest BCUT2D eigenvalue weighted by Gasteiger charge is -1.97. The number of carbonyl (C=O) groups excluding carboxylic acids is 1. The zero-order chi connectivity index (χ0) is 15.5. The van der Waals surface area contributed by atoms with Crippen LogP contribution in [-0.4, -0.2) is 20.5 Å². The summed E-state index contributed by atoms with van der Waals surface area (Å²) in [5.74, 6) is -0.0681. The average Bonchev–Trinajstić information content (AvgIpc) is 3.12. The standard InChI is InChI=1S/C16H12ClN3OS/c1-20-10-12(16(19-20)11-6-8-18-9-7-11)2-3-13(21)14-4-5-15(17)22-14/h2-10H,1H3. The van der Waals surface area contributed by atoms with Gasteiger partial charge in [0, 0.05) is 36.8 Å². The van der Waals surface area contributed by atoms with Gasteiger partial charge in [-0.3, -0.25) is 14.5 Å². The third-order valence-corrected chi connectivity index (χ3v) is 4.29. The molecule has 3 aromatic heterocycles. The largest absolute Gasteiger partial charge is 0.288 e. The summed E-state index contributed by atoms with van der Waals surface area (Å²) in [4.78, 5) is 16.7. The maximum absolute atomic E-state index is 12.1. The molecule has 0 atom stereocenters. The van der Waals surface area contributed by atoms with Crippen molar-refractivity contribution in [3.63, 3.8) is 0 Å². The summed E-state index contributed by atoms with van der Waals surface area (Å²) < 4.78 is 2.33. The fraction of sp³-hybridized carbons (Fsp3) is 0.0625. The Morgan fingerprint density at radius 2 is 2.05 bits per heavy atom. The van der Waals surface area contributed by atoms with E-state index in [0.717, 1.165) is 16.8 Å². The number of rotatable bonds is 4. The number of ketones is 1. The van der Waals surface area contributed by atoms with E-state index in [9.17, 15) is 4.79 Å². The van der Waals surface area contributed by atoms with Crippen LogP contribution in [0.5, 0.6) is 0 Å². The van der Waals surface area contributed by atoms with Gasteiger partial charge < -0.3 is 0 Å². The molecule has 4 nitrogen and oxygen atoms in total. The molecule has 0 aliphatic rings. The number of aromatic nitrogens is 3. The molecule has 3 aromatic rings. The molecule has 3 heterocycles. The van der Waals surface area contributed by atoms with Gasteiger partial charge in [0.05, 0.1) is 14.9 Å². The molecule has 0 aliphatic heterocycles.